The number of halogens is 3. The van der Waals surface area contributed by atoms with Gasteiger partial charge in [0.15, 0.2) is 0 Å². The summed E-state index contributed by atoms with van der Waals surface area (Å²) in [5.74, 6) is 0. The number of hydrogen-bond acceptors (Lipinski definition) is 3. The topological polar surface area (TPSA) is 53.6 Å². The highest BCUT2D eigenvalue weighted by Crippen LogP contribution is 2.35. The van der Waals surface area contributed by atoms with Crippen molar-refractivity contribution in [3.8, 4) is 0 Å². The Morgan fingerprint density at radius 1 is 1.29 bits per heavy atom. The van der Waals surface area contributed by atoms with Crippen LogP contribution in [0.5, 0.6) is 0 Å². The molecule has 0 saturated carbocycles. The summed E-state index contributed by atoms with van der Waals surface area (Å²) in [4.78, 5) is 13.8. The van der Waals surface area contributed by atoms with Crippen LogP contribution in [-0.4, -0.2) is 38.9 Å². The maximum Gasteiger partial charge on any atom is 0.416 e. The average molecular weight is 345 g/mol. The number of hydrogen-bond donors (Lipinski definition) is 2. The first kappa shape index (κ1) is 18.4. The van der Waals surface area contributed by atoms with Gasteiger partial charge in [-0.2, -0.15) is 13.2 Å². The molecular weight excluding hydrogens is 323 g/mol. The number of carbonyl (C=O) groups is 1. The Bertz CT molecular complexity index is 558. The molecule has 1 fully saturated rings. The molecule has 0 spiro atoms. The molecule has 1 aliphatic heterocycles. The Kier molecular flexibility index (Phi) is 6.30. The van der Waals surface area contributed by atoms with E-state index >= 15 is 0 Å². The number of alkyl halides is 3. The van der Waals surface area contributed by atoms with Crippen molar-refractivity contribution in [2.45, 2.75) is 25.9 Å². The van der Waals surface area contributed by atoms with Crippen LogP contribution in [0.25, 0.3) is 0 Å². The van der Waals surface area contributed by atoms with E-state index in [-0.39, 0.29) is 5.69 Å². The molecule has 5 nitrogen and oxygen atoms in total. The van der Waals surface area contributed by atoms with E-state index < -0.39 is 17.8 Å². The van der Waals surface area contributed by atoms with Crippen molar-refractivity contribution in [3.05, 3.63) is 23.8 Å². The molecule has 1 heterocycles. The fourth-order valence-corrected chi connectivity index (χ4v) is 2.44. The van der Waals surface area contributed by atoms with Crippen LogP contribution in [0.2, 0.25) is 0 Å². The van der Waals surface area contributed by atoms with Gasteiger partial charge in [0.25, 0.3) is 0 Å². The maximum atomic E-state index is 13.0. The van der Waals surface area contributed by atoms with Crippen molar-refractivity contribution >= 4 is 17.4 Å². The molecule has 0 aromatic heterocycles. The molecule has 2 N–H and O–H groups in total. The largest absolute Gasteiger partial charge is 0.416 e. The van der Waals surface area contributed by atoms with Gasteiger partial charge in [0.2, 0.25) is 0 Å². The number of rotatable bonds is 5. The number of nitrogens with one attached hydrogen (secondary N) is 2. The summed E-state index contributed by atoms with van der Waals surface area (Å²) in [6.07, 6.45) is -2.73. The molecule has 0 bridgehead atoms. The fourth-order valence-electron chi connectivity index (χ4n) is 2.44. The van der Waals surface area contributed by atoms with Gasteiger partial charge >= 0.3 is 12.2 Å². The minimum absolute atomic E-state index is 0.153. The quantitative estimate of drug-likeness (QED) is 0.804. The summed E-state index contributed by atoms with van der Waals surface area (Å²) in [6.45, 7) is 4.61. The van der Waals surface area contributed by atoms with Crippen molar-refractivity contribution in [2.75, 3.05) is 43.1 Å². The molecule has 8 heteroatoms. The molecule has 0 radical (unpaired) electrons. The maximum absolute atomic E-state index is 13.0. The summed E-state index contributed by atoms with van der Waals surface area (Å²) < 4.78 is 44.2. The number of unbranched alkanes of at least 4 members (excludes halogenated alkanes) is 1. The van der Waals surface area contributed by atoms with E-state index in [2.05, 4.69) is 10.6 Å². The Hall–Kier alpha value is -1.96. The standard InChI is InChI=1S/C16H22F3N3O2/c1-2-3-6-20-15(23)21-13-11-12(16(17,18)19)4-5-14(13)22-7-9-24-10-8-22/h4-5,11H,2-3,6-10H2,1H3,(H2,20,21,23). The Morgan fingerprint density at radius 2 is 2.00 bits per heavy atom. The predicted molar refractivity (Wildman–Crippen MR) is 86.4 cm³/mol. The Morgan fingerprint density at radius 3 is 2.62 bits per heavy atom. The number of nitrogens with zero attached hydrogens (tertiary/aromatic N) is 1. The van der Waals surface area contributed by atoms with Gasteiger partial charge < -0.3 is 20.3 Å². The highest BCUT2D eigenvalue weighted by atomic mass is 19.4. The van der Waals surface area contributed by atoms with E-state index in [9.17, 15) is 18.0 Å². The van der Waals surface area contributed by atoms with Crippen molar-refractivity contribution in [1.29, 1.82) is 0 Å². The molecule has 2 amide bonds. The molecule has 1 saturated heterocycles. The van der Waals surface area contributed by atoms with Gasteiger partial charge in [-0.15, -0.1) is 0 Å². The van der Waals surface area contributed by atoms with E-state index in [0.717, 1.165) is 25.0 Å². The van der Waals surface area contributed by atoms with Crippen LogP contribution < -0.4 is 15.5 Å². The molecule has 1 aromatic rings. The number of ether oxygens (including phenoxy) is 1. The minimum Gasteiger partial charge on any atom is -0.378 e. The third-order valence-electron chi connectivity index (χ3n) is 3.74. The number of urea groups is 1. The Balaban J connectivity index is 2.21. The zero-order valence-corrected chi connectivity index (χ0v) is 13.6. The molecule has 0 unspecified atom stereocenters. The molecule has 24 heavy (non-hydrogen) atoms. The number of anilines is 2. The van der Waals surface area contributed by atoms with Crippen molar-refractivity contribution in [1.82, 2.24) is 5.32 Å². The predicted octanol–water partition coefficient (Wildman–Crippen LogP) is 3.46. The molecule has 134 valence electrons. The summed E-state index contributed by atoms with van der Waals surface area (Å²) in [5, 5.41) is 5.19. The van der Waals surface area contributed by atoms with Crippen LogP contribution in [0, 0.1) is 0 Å². The smallest absolute Gasteiger partial charge is 0.378 e. The van der Waals surface area contributed by atoms with Crippen molar-refractivity contribution in [3.63, 3.8) is 0 Å². The van der Waals surface area contributed by atoms with Gasteiger partial charge in [-0.25, -0.2) is 4.79 Å². The van der Waals surface area contributed by atoms with E-state index in [1.807, 2.05) is 11.8 Å². The first-order valence-electron chi connectivity index (χ1n) is 8.00. The lowest BCUT2D eigenvalue weighted by atomic mass is 10.1. The summed E-state index contributed by atoms with van der Waals surface area (Å²) in [6, 6.07) is 2.91. The van der Waals surface area contributed by atoms with Crippen LogP contribution in [0.15, 0.2) is 18.2 Å². The molecule has 0 aliphatic carbocycles. The van der Waals surface area contributed by atoms with Crippen LogP contribution in [0.1, 0.15) is 25.3 Å². The second-order valence-electron chi connectivity index (χ2n) is 5.56. The highest BCUT2D eigenvalue weighted by Gasteiger charge is 2.31. The molecule has 2 rings (SSSR count). The third kappa shape index (κ3) is 5.02. The highest BCUT2D eigenvalue weighted by molar-refractivity contribution is 5.93. The second-order valence-corrected chi connectivity index (χ2v) is 5.56. The SMILES string of the molecule is CCCCNC(=O)Nc1cc(C(F)(F)F)ccc1N1CCOCC1. The van der Waals surface area contributed by atoms with Gasteiger partial charge in [0.1, 0.15) is 0 Å². The van der Waals surface area contributed by atoms with Crippen LogP contribution in [-0.2, 0) is 10.9 Å². The summed E-state index contributed by atoms with van der Waals surface area (Å²) >= 11 is 0. The lowest BCUT2D eigenvalue weighted by Crippen LogP contribution is -2.37. The van der Waals surface area contributed by atoms with Crippen LogP contribution in [0.3, 0.4) is 0 Å². The summed E-state index contributed by atoms with van der Waals surface area (Å²) in [5.41, 5.74) is -0.0685. The lowest BCUT2D eigenvalue weighted by Gasteiger charge is -2.31. The van der Waals surface area contributed by atoms with Crippen molar-refractivity contribution in [2.24, 2.45) is 0 Å². The first-order chi connectivity index (χ1) is 11.4. The van der Waals surface area contributed by atoms with Gasteiger partial charge in [-0.3, -0.25) is 0 Å². The summed E-state index contributed by atoms with van der Waals surface area (Å²) in [7, 11) is 0. The monoisotopic (exact) mass is 345 g/mol. The minimum atomic E-state index is -4.46. The zero-order valence-electron chi connectivity index (χ0n) is 13.6. The first-order valence-corrected chi connectivity index (χ1v) is 8.00. The normalized spacial score (nSPS) is 15.2. The second kappa shape index (κ2) is 8.23. The number of benzene rings is 1. The zero-order chi connectivity index (χ0) is 17.6. The molecule has 0 atom stereocenters. The molecule has 1 aliphatic rings. The Labute approximate surface area is 139 Å². The van der Waals surface area contributed by atoms with Gasteiger partial charge in [-0.05, 0) is 24.6 Å². The number of carbonyl (C=O) groups excluding carboxylic acids is 1. The van der Waals surface area contributed by atoms with E-state index in [4.69, 9.17) is 4.74 Å². The van der Waals surface area contributed by atoms with E-state index in [1.54, 1.807) is 0 Å². The molecular formula is C16H22F3N3O2. The molecule has 1 aromatic carbocycles. The van der Waals surface area contributed by atoms with Gasteiger partial charge in [0, 0.05) is 19.6 Å². The van der Waals surface area contributed by atoms with Crippen LogP contribution >= 0.6 is 0 Å². The number of amides is 2. The van der Waals surface area contributed by atoms with Crippen molar-refractivity contribution < 1.29 is 22.7 Å². The van der Waals surface area contributed by atoms with E-state index in [1.165, 1.54) is 6.07 Å². The third-order valence-corrected chi connectivity index (χ3v) is 3.74. The van der Waals surface area contributed by atoms with Gasteiger partial charge in [0.05, 0.1) is 30.2 Å². The lowest BCUT2D eigenvalue weighted by molar-refractivity contribution is -0.137. The number of morpholine rings is 1. The van der Waals surface area contributed by atoms with Gasteiger partial charge in [-0.1, -0.05) is 13.3 Å². The van der Waals surface area contributed by atoms with E-state index in [0.29, 0.717) is 38.5 Å². The van der Waals surface area contributed by atoms with Crippen LogP contribution in [0.4, 0.5) is 29.3 Å². The fraction of sp³-hybridized carbons (Fsp3) is 0.562. The average Bonchev–Trinajstić information content (AvgIpc) is 2.55.